The van der Waals surface area contributed by atoms with Gasteiger partial charge in [0.2, 0.25) is 5.69 Å². The van der Waals surface area contributed by atoms with Crippen LogP contribution in [0.3, 0.4) is 0 Å². The molecular weight excluding hydrogens is 2140 g/mol. The fourth-order valence-electron chi connectivity index (χ4n) is 20.1. The van der Waals surface area contributed by atoms with Gasteiger partial charge in [-0.3, -0.25) is 14.7 Å². The smallest absolute Gasteiger partial charge is 0.858 e. The Bertz CT molecular complexity index is 6020. The van der Waals surface area contributed by atoms with Crippen molar-refractivity contribution in [1.29, 1.82) is 0 Å². The van der Waals surface area contributed by atoms with E-state index in [0.29, 0.717) is 0 Å². The Labute approximate surface area is 976 Å². The van der Waals surface area contributed by atoms with Crippen LogP contribution in [0.15, 0.2) is 439 Å². The average Bonchev–Trinajstić information content (AvgIpc) is 1.01. The van der Waals surface area contributed by atoms with Gasteiger partial charge in [-0.2, -0.15) is 0 Å². The SMILES string of the molecule is C1CCOC1.CC(C)c1cccc(C(C)C)c1N=P(C(C([O-])=NC1CCCCC1)=P([N-]c1c(C(C)C)cccc1C(C)C)(c1ccccc1)c1ccccc1)(c1ccccc1)c1ccccc1.CC(C)c1cccc(C(C)C)c1[N-]P(=C(C([O-])=NC1CCCCC1)P(=[NH+]c1c(C(C)C)cccc1C(C)C)(c1ccccc1)c1ccccc1)(c1ccccc1)c1ccccc1.[Ba+2].[Ba+2].c1ccccc1.c1ccccc1.c1ccccc1. The molecule has 0 spiro atoms. The monoisotopic (exact) mass is 2300 g/mol. The quantitative estimate of drug-likeness (QED) is 0.0226. The van der Waals surface area contributed by atoms with Crippen molar-refractivity contribution in [2.45, 2.75) is 247 Å². The number of aliphatic imine (C=N–C) groups is 2. The van der Waals surface area contributed by atoms with Gasteiger partial charge < -0.3 is 25.1 Å². The van der Waals surface area contributed by atoms with Crippen molar-refractivity contribution in [3.05, 3.63) is 479 Å². The van der Waals surface area contributed by atoms with Gasteiger partial charge in [-0.15, -0.1) is 25.4 Å². The number of rotatable bonds is 28. The van der Waals surface area contributed by atoms with Crippen LogP contribution in [-0.4, -0.2) is 145 Å². The zero-order chi connectivity index (χ0) is 104. The molecule has 764 valence electrons. The Hall–Kier alpha value is -9.00. The maximum atomic E-state index is 16.8. The van der Waals surface area contributed by atoms with Crippen molar-refractivity contribution in [3.63, 3.8) is 0 Å². The van der Waals surface area contributed by atoms with E-state index in [2.05, 4.69) is 431 Å². The molecule has 0 atom stereocenters. The van der Waals surface area contributed by atoms with E-state index in [0.717, 1.165) is 140 Å². The minimum absolute atomic E-state index is 0. The average molecular weight is 2300 g/mol. The summed E-state index contributed by atoms with van der Waals surface area (Å²) in [5, 5.41) is 56.3. The second kappa shape index (κ2) is 61.2. The molecule has 0 amide bonds. The van der Waals surface area contributed by atoms with Gasteiger partial charge in [0, 0.05) is 67.7 Å². The summed E-state index contributed by atoms with van der Waals surface area (Å²) >= 11 is 0. The van der Waals surface area contributed by atoms with Crippen molar-refractivity contribution in [2.75, 3.05) is 13.2 Å². The van der Waals surface area contributed by atoms with Crippen molar-refractivity contribution in [1.82, 2.24) is 0 Å². The Kier molecular flexibility index (Phi) is 49.4. The van der Waals surface area contributed by atoms with Crippen LogP contribution in [0.5, 0.6) is 0 Å². The second-order valence-corrected chi connectivity index (χ2v) is 53.6. The van der Waals surface area contributed by atoms with E-state index in [1.807, 2.05) is 109 Å². The van der Waals surface area contributed by atoms with Crippen LogP contribution >= 0.6 is 28.2 Å². The van der Waals surface area contributed by atoms with E-state index in [1.165, 1.54) is 70.2 Å². The summed E-state index contributed by atoms with van der Waals surface area (Å²) in [6.07, 6.45) is 12.8. The van der Waals surface area contributed by atoms with Crippen LogP contribution in [-0.2, 0) is 4.74 Å². The van der Waals surface area contributed by atoms with Crippen LogP contribution in [0.1, 0.15) is 280 Å². The minimum Gasteiger partial charge on any atom is -0.858 e. The molecule has 9 nitrogen and oxygen atoms in total. The molecule has 1 aliphatic heterocycles. The van der Waals surface area contributed by atoms with Crippen LogP contribution < -0.4 is 57.4 Å². The fraction of sp³-hybridized carbons (Fsp3) is 0.299. The first-order valence-electron chi connectivity index (χ1n) is 53.8. The topological polar surface area (TPSA) is 135 Å². The summed E-state index contributed by atoms with van der Waals surface area (Å²) in [7, 11) is -13.5. The third-order valence-corrected chi connectivity index (χ3v) is 44.9. The van der Waals surface area contributed by atoms with Crippen molar-refractivity contribution < 1.29 is 19.7 Å². The van der Waals surface area contributed by atoms with Crippen molar-refractivity contribution in [2.24, 2.45) is 14.7 Å². The second-order valence-electron chi connectivity index (χ2n) is 41.0. The first-order chi connectivity index (χ1) is 71.5. The number of ether oxygens (including phenoxy) is 1. The van der Waals surface area contributed by atoms with Gasteiger partial charge in [0.05, 0.1) is 12.7 Å². The zero-order valence-corrected chi connectivity index (χ0v) is 104. The third kappa shape index (κ3) is 31.0. The normalized spacial score (nSPS) is 13.6. The van der Waals surface area contributed by atoms with Crippen molar-refractivity contribution in [3.8, 4) is 0 Å². The predicted molar refractivity (Wildman–Crippen MR) is 653 cm³/mol. The van der Waals surface area contributed by atoms with E-state index < -0.39 is 28.2 Å². The van der Waals surface area contributed by atoms with Gasteiger partial charge >= 0.3 is 97.8 Å². The molecule has 3 aliphatic rings. The number of para-hydroxylation sites is 1. The molecule has 15 aromatic rings. The van der Waals surface area contributed by atoms with Gasteiger partial charge in [0.15, 0.2) is 7.05 Å². The molecule has 1 N–H and O–H groups in total. The van der Waals surface area contributed by atoms with Crippen LogP contribution in [0, 0.1) is 0 Å². The summed E-state index contributed by atoms with van der Waals surface area (Å²) in [4.78, 5) is 10.9. The van der Waals surface area contributed by atoms with Crippen LogP contribution in [0.4, 0.5) is 22.7 Å². The minimum atomic E-state index is -3.40. The summed E-state index contributed by atoms with van der Waals surface area (Å²) < 4.78 is 15.9. The molecule has 2 saturated carbocycles. The molecule has 3 fully saturated rings. The number of nitrogens with zero attached hydrogens (tertiary/aromatic N) is 5. The van der Waals surface area contributed by atoms with Crippen LogP contribution in [0.25, 0.3) is 10.2 Å². The maximum absolute atomic E-state index is 16.8. The molecule has 18 rings (SSSR count). The Balaban J connectivity index is 0.000000228. The molecule has 0 unspecified atom stereocenters. The zero-order valence-electron chi connectivity index (χ0n) is 91.3. The van der Waals surface area contributed by atoms with Crippen molar-refractivity contribution >= 4 is 213 Å². The van der Waals surface area contributed by atoms with E-state index in [1.54, 1.807) is 0 Å². The largest absolute Gasteiger partial charge is 2.00 e. The summed E-state index contributed by atoms with van der Waals surface area (Å²) in [6.45, 7) is 38.2. The molecule has 15 heteroatoms. The van der Waals surface area contributed by atoms with Gasteiger partial charge in [-0.05, 0) is 154 Å². The molecule has 1 saturated heterocycles. The first-order valence-corrected chi connectivity index (χ1v) is 60.8. The van der Waals surface area contributed by atoms with Gasteiger partial charge in [0.1, 0.15) is 0 Å². The summed E-state index contributed by atoms with van der Waals surface area (Å²) in [6, 6.07) is 149. The van der Waals surface area contributed by atoms with E-state index >= 15 is 10.2 Å². The molecule has 15 aromatic carbocycles. The number of benzene rings is 15. The molecular formula is C134H157Ba2N6O3P4+. The maximum Gasteiger partial charge on any atom is 2.00 e. The van der Waals surface area contributed by atoms with Gasteiger partial charge in [0.25, 0.3) is 0 Å². The van der Waals surface area contributed by atoms with Gasteiger partial charge in [-0.1, -0.05) is 572 Å². The molecule has 0 aromatic heterocycles. The number of hydrogen-bond donors (Lipinski definition) is 1. The standard InChI is InChI=1S/2C56H66N3OP2.3C6H6.C4H8O.2Ba/c2*1-40(2)49-36-24-37-50(41(3)4)53(49)58-61(45-28-16-10-17-29-45,46-30-18-11-19-31-46)56(55(60)57-44-26-14-9-15-27-44)62(47-32-20-12-21-33-47,48-34-22-13-23-35-48)59-54-51(42(5)6)38-25-39-52(54)43(7)8;3*1-2-4-6-5-3-1;1-2-4-5-3-1;;/h10-13,16-25,28-44H,9,14-15,26-27H2,1-8H3,(H-,57,58,59,60);10-13,16-25,28-44H,9,14-15,26-27H2,1-8H3,(H-,57,58,60);3*1-6H;1-4H2;;/q2*-1;;;;;2*+2/p-1. The van der Waals surface area contributed by atoms with E-state index in [4.69, 9.17) is 29.6 Å². The first kappa shape index (κ1) is 120. The number of nitrogens with one attached hydrogen (secondary N) is 1. The predicted octanol–water partition coefficient (Wildman–Crippen LogP) is 31.5. The summed E-state index contributed by atoms with van der Waals surface area (Å²) in [5.74, 6) is 1.28. The van der Waals surface area contributed by atoms with E-state index in [9.17, 15) is 0 Å². The molecule has 1 heterocycles. The third-order valence-electron chi connectivity index (χ3n) is 27.7. The Morgan fingerprint density at radius 2 is 0.470 bits per heavy atom. The Morgan fingerprint density at radius 3 is 0.711 bits per heavy atom. The van der Waals surface area contributed by atoms with E-state index in [-0.39, 0.29) is 169 Å². The molecule has 149 heavy (non-hydrogen) atoms. The molecule has 0 bridgehead atoms. The molecule has 2 aliphatic carbocycles. The fourth-order valence-corrected chi connectivity index (χ4v) is 39.7. The summed E-state index contributed by atoms with van der Waals surface area (Å²) in [5.41, 5.74) is 13.6. The number of hydrogen-bond acceptors (Lipinski definition) is 6. The van der Waals surface area contributed by atoms with Gasteiger partial charge in [-0.25, -0.2) is 4.74 Å². The van der Waals surface area contributed by atoms with Crippen LogP contribution in [0.2, 0.25) is 0 Å². The Morgan fingerprint density at radius 1 is 0.255 bits per heavy atom. The molecule has 0 radical (unpaired) electrons.